The summed E-state index contributed by atoms with van der Waals surface area (Å²) in [4.78, 5) is 28.6. The van der Waals surface area contributed by atoms with Crippen molar-refractivity contribution in [3.63, 3.8) is 0 Å². The van der Waals surface area contributed by atoms with Crippen molar-refractivity contribution in [3.8, 4) is 11.8 Å². The van der Waals surface area contributed by atoms with Crippen molar-refractivity contribution in [3.05, 3.63) is 15.8 Å². The summed E-state index contributed by atoms with van der Waals surface area (Å²) >= 11 is 1.19. The fourth-order valence-corrected chi connectivity index (χ4v) is 7.49. The number of carbonyl (C=O) groups is 2. The maximum Gasteiger partial charge on any atom is 0.348 e. The number of nitrogens with zero attached hydrogens (tertiary/aromatic N) is 1. The summed E-state index contributed by atoms with van der Waals surface area (Å²) in [5, 5.41) is 13.5. The zero-order chi connectivity index (χ0) is 26.6. The highest BCUT2D eigenvalue weighted by Crippen LogP contribution is 2.49. The molecule has 2 heterocycles. The van der Waals surface area contributed by atoms with Gasteiger partial charge in [0.25, 0.3) is 0 Å². The van der Waals surface area contributed by atoms with Gasteiger partial charge in [-0.25, -0.2) is 4.79 Å². The van der Waals surface area contributed by atoms with E-state index in [0.29, 0.717) is 28.7 Å². The van der Waals surface area contributed by atoms with Crippen LogP contribution in [0, 0.1) is 23.2 Å². The van der Waals surface area contributed by atoms with Crippen molar-refractivity contribution < 1.29 is 19.4 Å². The average Bonchev–Trinajstić information content (AvgIpc) is 3.28. The topological polar surface area (TPSA) is 78.9 Å². The molecular weight excluding hydrogens is 484 g/mol. The molecule has 1 aromatic heterocycles. The highest BCUT2D eigenvalue weighted by Gasteiger charge is 2.48. The Morgan fingerprint density at radius 3 is 2.24 bits per heavy atom. The molecule has 1 aliphatic heterocycles. The largest absolute Gasteiger partial charge is 0.477 e. The summed E-state index contributed by atoms with van der Waals surface area (Å²) in [6, 6.07) is 1.86. The standard InChI is InChI=1S/C30H44N2O4S/c1-21(33)32(26-20-25(12-17-29(2,3)4)37-27(26)28(34)35)30(15-6-5-7-16-30)22-8-10-23(11-9-22)36-24-13-18-31-19-14-24/h20,22-24,31H,5-11,13-16,18-19H2,1-4H3,(H,34,35). The highest BCUT2D eigenvalue weighted by atomic mass is 32.1. The Kier molecular flexibility index (Phi) is 9.04. The van der Waals surface area contributed by atoms with E-state index >= 15 is 0 Å². The van der Waals surface area contributed by atoms with Gasteiger partial charge in [-0.15, -0.1) is 11.3 Å². The second-order valence-electron chi connectivity index (χ2n) is 12.2. The van der Waals surface area contributed by atoms with Crippen molar-refractivity contribution in [1.82, 2.24) is 5.32 Å². The van der Waals surface area contributed by atoms with Crippen LogP contribution in [0.25, 0.3) is 0 Å². The summed E-state index contributed by atoms with van der Waals surface area (Å²) in [5.74, 6) is 5.70. The van der Waals surface area contributed by atoms with E-state index in [0.717, 1.165) is 77.3 Å². The van der Waals surface area contributed by atoms with E-state index in [4.69, 9.17) is 4.74 Å². The zero-order valence-electron chi connectivity index (χ0n) is 23.0. The van der Waals surface area contributed by atoms with Crippen molar-refractivity contribution in [2.75, 3.05) is 18.0 Å². The second-order valence-corrected chi connectivity index (χ2v) is 13.3. The van der Waals surface area contributed by atoms with Crippen molar-refractivity contribution >= 4 is 28.9 Å². The molecule has 0 atom stereocenters. The van der Waals surface area contributed by atoms with Crippen LogP contribution in [0.2, 0.25) is 0 Å². The van der Waals surface area contributed by atoms with Crippen molar-refractivity contribution in [2.24, 2.45) is 11.3 Å². The molecule has 2 N–H and O–H groups in total. The first-order valence-electron chi connectivity index (χ1n) is 14.2. The molecule has 204 valence electrons. The number of carboxylic acids is 1. The van der Waals surface area contributed by atoms with Crippen LogP contribution in [0.4, 0.5) is 5.69 Å². The maximum absolute atomic E-state index is 13.4. The van der Waals surface area contributed by atoms with Crippen LogP contribution in [0.15, 0.2) is 6.07 Å². The number of hydrogen-bond acceptors (Lipinski definition) is 5. The number of piperidine rings is 1. The van der Waals surface area contributed by atoms with Crippen molar-refractivity contribution in [1.29, 1.82) is 0 Å². The van der Waals surface area contributed by atoms with E-state index in [2.05, 4.69) is 17.2 Å². The number of thiophene rings is 1. The molecule has 4 rings (SSSR count). The van der Waals surface area contributed by atoms with Gasteiger partial charge in [0.05, 0.1) is 28.3 Å². The van der Waals surface area contributed by atoms with Gasteiger partial charge in [0.2, 0.25) is 5.91 Å². The lowest BCUT2D eigenvalue weighted by atomic mass is 9.65. The molecule has 3 fully saturated rings. The van der Waals surface area contributed by atoms with Gasteiger partial charge >= 0.3 is 5.97 Å². The van der Waals surface area contributed by atoms with E-state index in [9.17, 15) is 14.7 Å². The van der Waals surface area contributed by atoms with Gasteiger partial charge in [-0.05, 0) is 97.2 Å². The van der Waals surface area contributed by atoms with Gasteiger partial charge in [-0.1, -0.05) is 31.1 Å². The van der Waals surface area contributed by atoms with Gasteiger partial charge in [-0.3, -0.25) is 4.79 Å². The van der Waals surface area contributed by atoms with E-state index in [-0.39, 0.29) is 21.7 Å². The summed E-state index contributed by atoms with van der Waals surface area (Å²) < 4.78 is 6.49. The lowest BCUT2D eigenvalue weighted by molar-refractivity contribution is -0.119. The van der Waals surface area contributed by atoms with Crippen LogP contribution in [-0.4, -0.2) is 47.8 Å². The third-order valence-electron chi connectivity index (χ3n) is 8.29. The predicted molar refractivity (Wildman–Crippen MR) is 149 cm³/mol. The summed E-state index contributed by atoms with van der Waals surface area (Å²) in [7, 11) is 0. The number of carbonyl (C=O) groups excluding carboxylic acids is 1. The molecule has 2 saturated carbocycles. The monoisotopic (exact) mass is 528 g/mol. The van der Waals surface area contributed by atoms with E-state index in [1.165, 1.54) is 17.8 Å². The second kappa shape index (κ2) is 11.9. The van der Waals surface area contributed by atoms with Crippen LogP contribution in [-0.2, 0) is 9.53 Å². The van der Waals surface area contributed by atoms with Crippen LogP contribution >= 0.6 is 11.3 Å². The Labute approximate surface area is 226 Å². The smallest absolute Gasteiger partial charge is 0.348 e. The molecule has 1 amide bonds. The first-order valence-corrected chi connectivity index (χ1v) is 15.0. The SMILES string of the molecule is CC(=O)N(c1cc(C#CC(C)(C)C)sc1C(=O)O)C1(C2CCC(OC3CCNCC3)CC2)CCCCC1. The zero-order valence-corrected chi connectivity index (χ0v) is 23.8. The maximum atomic E-state index is 13.4. The van der Waals surface area contributed by atoms with Crippen LogP contribution in [0.3, 0.4) is 0 Å². The molecule has 2 aliphatic carbocycles. The average molecular weight is 529 g/mol. The number of aromatic carboxylic acids is 1. The number of rotatable bonds is 6. The normalized spacial score (nSPS) is 24.6. The van der Waals surface area contributed by atoms with Gasteiger partial charge in [0, 0.05) is 12.3 Å². The van der Waals surface area contributed by atoms with E-state index in [1.54, 1.807) is 6.92 Å². The molecule has 1 saturated heterocycles. The Morgan fingerprint density at radius 1 is 1.05 bits per heavy atom. The minimum Gasteiger partial charge on any atom is -0.477 e. The molecule has 7 heteroatoms. The fraction of sp³-hybridized carbons (Fsp3) is 0.733. The molecule has 0 unspecified atom stereocenters. The Bertz CT molecular complexity index is 1010. The number of nitrogens with one attached hydrogen (secondary N) is 1. The molecule has 0 spiro atoms. The van der Waals surface area contributed by atoms with Crippen LogP contribution in [0.1, 0.15) is 113 Å². The number of carboxylic acid groups (broad SMARTS) is 1. The van der Waals surface area contributed by atoms with E-state index < -0.39 is 5.97 Å². The first-order chi connectivity index (χ1) is 17.6. The quantitative estimate of drug-likeness (QED) is 0.428. The van der Waals surface area contributed by atoms with E-state index in [1.807, 2.05) is 31.7 Å². The molecule has 0 radical (unpaired) electrons. The third-order valence-corrected chi connectivity index (χ3v) is 9.32. The van der Waals surface area contributed by atoms with Gasteiger partial charge in [0.1, 0.15) is 4.88 Å². The minimum atomic E-state index is -0.986. The summed E-state index contributed by atoms with van der Waals surface area (Å²) in [6.07, 6.45) is 12.0. The van der Waals surface area contributed by atoms with Crippen molar-refractivity contribution in [2.45, 2.75) is 116 Å². The Balaban J connectivity index is 1.62. The number of anilines is 1. The molecule has 0 aromatic carbocycles. The highest BCUT2D eigenvalue weighted by molar-refractivity contribution is 7.15. The third kappa shape index (κ3) is 6.77. The van der Waals surface area contributed by atoms with Crippen LogP contribution in [0.5, 0.6) is 0 Å². The number of hydrogen-bond donors (Lipinski definition) is 2. The van der Waals surface area contributed by atoms with Gasteiger partial charge < -0.3 is 20.1 Å². The summed E-state index contributed by atoms with van der Waals surface area (Å²) in [5.41, 5.74) is 0.00929. The molecular formula is C30H44N2O4S. The lowest BCUT2D eigenvalue weighted by Crippen LogP contribution is -2.58. The summed E-state index contributed by atoms with van der Waals surface area (Å²) in [6.45, 7) is 9.78. The fourth-order valence-electron chi connectivity index (χ4n) is 6.65. The Hall–Kier alpha value is -1.88. The van der Waals surface area contributed by atoms with Gasteiger partial charge in [-0.2, -0.15) is 0 Å². The predicted octanol–water partition coefficient (Wildman–Crippen LogP) is 6.23. The molecule has 1 aromatic rings. The molecule has 37 heavy (non-hydrogen) atoms. The minimum absolute atomic E-state index is 0.0643. The molecule has 0 bridgehead atoms. The molecule has 6 nitrogen and oxygen atoms in total. The van der Waals surface area contributed by atoms with Gasteiger partial charge in [0.15, 0.2) is 0 Å². The van der Waals surface area contributed by atoms with Crippen LogP contribution < -0.4 is 10.2 Å². The first kappa shape index (κ1) is 28.1. The lowest BCUT2D eigenvalue weighted by Gasteiger charge is -2.52. The number of ether oxygens (including phenoxy) is 1. The molecule has 3 aliphatic rings. The number of amides is 1. The Morgan fingerprint density at radius 2 is 1.68 bits per heavy atom.